The minimum Gasteiger partial charge on any atom is -0.388 e. The molecule has 0 radical (unpaired) electrons. The Balaban J connectivity index is 1.73. The molecule has 2 saturated heterocycles. The monoisotopic (exact) mass is 269 g/mol. The van der Waals surface area contributed by atoms with E-state index in [9.17, 15) is 0 Å². The summed E-state index contributed by atoms with van der Waals surface area (Å²) in [6.45, 7) is 2.02. The average molecular weight is 269 g/mol. The van der Waals surface area contributed by atoms with E-state index < -0.39 is 0 Å². The molecule has 2 unspecified atom stereocenters. The van der Waals surface area contributed by atoms with Crippen LogP contribution in [0.5, 0.6) is 0 Å². The van der Waals surface area contributed by atoms with E-state index in [1.165, 1.54) is 23.9 Å². The first-order chi connectivity index (χ1) is 9.83. The van der Waals surface area contributed by atoms with E-state index in [1.54, 1.807) is 0 Å². The topological polar surface area (TPSA) is 37.4 Å². The Morgan fingerprint density at radius 2 is 2.00 bits per heavy atom. The zero-order chi connectivity index (χ0) is 13.5. The number of pyridine rings is 1. The van der Waals surface area contributed by atoms with Crippen LogP contribution in [0.3, 0.4) is 0 Å². The van der Waals surface area contributed by atoms with Gasteiger partial charge in [0, 0.05) is 43.1 Å². The van der Waals surface area contributed by atoms with Crippen LogP contribution in [0.15, 0.2) is 30.5 Å². The molecule has 4 heteroatoms. The first kappa shape index (κ1) is 12.0. The highest BCUT2D eigenvalue weighted by molar-refractivity contribution is 5.93. The van der Waals surface area contributed by atoms with Gasteiger partial charge in [-0.2, -0.15) is 0 Å². The Morgan fingerprint density at radius 3 is 2.75 bits per heavy atom. The van der Waals surface area contributed by atoms with Crippen molar-refractivity contribution in [2.45, 2.75) is 25.0 Å². The number of benzene rings is 1. The molecule has 1 aromatic carbocycles. The molecule has 0 spiro atoms. The van der Waals surface area contributed by atoms with E-state index in [-0.39, 0.29) is 0 Å². The molecule has 0 saturated carbocycles. The molecule has 2 aliphatic rings. The number of fused-ring (bicyclic) bond motifs is 3. The van der Waals surface area contributed by atoms with Gasteiger partial charge in [-0.3, -0.25) is 4.98 Å². The van der Waals surface area contributed by atoms with Crippen LogP contribution in [0.4, 0.5) is 11.4 Å². The lowest BCUT2D eigenvalue weighted by molar-refractivity contribution is 0.0305. The van der Waals surface area contributed by atoms with Crippen LogP contribution in [-0.4, -0.2) is 37.3 Å². The number of anilines is 2. The molecule has 1 aromatic heterocycles. The quantitative estimate of drug-likeness (QED) is 0.909. The van der Waals surface area contributed by atoms with Gasteiger partial charge in [0.05, 0.1) is 17.7 Å². The summed E-state index contributed by atoms with van der Waals surface area (Å²) >= 11 is 0. The van der Waals surface area contributed by atoms with Crippen molar-refractivity contribution in [3.63, 3.8) is 0 Å². The molecule has 0 amide bonds. The third kappa shape index (κ3) is 1.91. The van der Waals surface area contributed by atoms with Crippen LogP contribution in [0.2, 0.25) is 0 Å². The average Bonchev–Trinajstić information content (AvgIpc) is 2.84. The van der Waals surface area contributed by atoms with Gasteiger partial charge in [-0.15, -0.1) is 0 Å². The van der Waals surface area contributed by atoms with E-state index >= 15 is 0 Å². The van der Waals surface area contributed by atoms with Gasteiger partial charge in [0.2, 0.25) is 0 Å². The van der Waals surface area contributed by atoms with Gasteiger partial charge in [0.15, 0.2) is 0 Å². The predicted molar refractivity (Wildman–Crippen MR) is 81.4 cm³/mol. The van der Waals surface area contributed by atoms with Crippen LogP contribution < -0.4 is 10.2 Å². The summed E-state index contributed by atoms with van der Waals surface area (Å²) in [4.78, 5) is 6.89. The minimum absolute atomic E-state index is 0.419. The minimum atomic E-state index is 0.419. The molecular formula is C16H19N3O. The molecule has 2 bridgehead atoms. The van der Waals surface area contributed by atoms with E-state index in [2.05, 4.69) is 33.4 Å². The van der Waals surface area contributed by atoms with E-state index in [0.29, 0.717) is 12.2 Å². The molecule has 4 rings (SSSR count). The van der Waals surface area contributed by atoms with Crippen molar-refractivity contribution in [1.82, 2.24) is 4.98 Å². The molecule has 2 atom stereocenters. The van der Waals surface area contributed by atoms with Gasteiger partial charge in [-0.1, -0.05) is 0 Å². The number of rotatable bonds is 2. The second-order valence-electron chi connectivity index (χ2n) is 5.67. The fourth-order valence-corrected chi connectivity index (χ4v) is 3.37. The van der Waals surface area contributed by atoms with Gasteiger partial charge in [-0.05, 0) is 37.1 Å². The van der Waals surface area contributed by atoms with Crippen molar-refractivity contribution in [3.8, 4) is 0 Å². The summed E-state index contributed by atoms with van der Waals surface area (Å²) in [6, 6.07) is 8.57. The zero-order valence-corrected chi connectivity index (χ0v) is 11.7. The smallest absolute Gasteiger partial charge is 0.0755 e. The van der Waals surface area contributed by atoms with Crippen molar-refractivity contribution >= 4 is 22.3 Å². The Labute approximate surface area is 118 Å². The summed E-state index contributed by atoms with van der Waals surface area (Å²) < 4.78 is 5.91. The maximum absolute atomic E-state index is 5.91. The van der Waals surface area contributed by atoms with Gasteiger partial charge in [0.1, 0.15) is 0 Å². The summed E-state index contributed by atoms with van der Waals surface area (Å²) in [5.74, 6) is 0. The second kappa shape index (κ2) is 4.63. The van der Waals surface area contributed by atoms with Crippen LogP contribution in [0.25, 0.3) is 10.9 Å². The molecule has 0 aliphatic carbocycles. The maximum Gasteiger partial charge on any atom is 0.0755 e. The lowest BCUT2D eigenvalue weighted by atomic mass is 10.1. The molecule has 1 N–H and O–H groups in total. The van der Waals surface area contributed by atoms with Gasteiger partial charge >= 0.3 is 0 Å². The molecule has 2 aliphatic heterocycles. The summed E-state index contributed by atoms with van der Waals surface area (Å²) in [5, 5.41) is 4.43. The number of aromatic nitrogens is 1. The molecule has 2 fully saturated rings. The fraction of sp³-hybridized carbons (Fsp3) is 0.438. The molecule has 4 nitrogen and oxygen atoms in total. The SMILES string of the molecule is CNc1ccnc2ccc(N3CC4CCC(C3)O4)cc12. The predicted octanol–water partition coefficient (Wildman–Crippen LogP) is 2.64. The zero-order valence-electron chi connectivity index (χ0n) is 11.7. The molecule has 104 valence electrons. The number of nitrogens with one attached hydrogen (secondary N) is 1. The lowest BCUT2D eigenvalue weighted by Crippen LogP contribution is -2.42. The van der Waals surface area contributed by atoms with Crippen LogP contribution in [0, 0.1) is 0 Å². The molecule has 3 heterocycles. The maximum atomic E-state index is 5.91. The second-order valence-corrected chi connectivity index (χ2v) is 5.67. The molecule has 2 aromatic rings. The highest BCUT2D eigenvalue weighted by atomic mass is 16.5. The van der Waals surface area contributed by atoms with E-state index in [1.807, 2.05) is 19.3 Å². The van der Waals surface area contributed by atoms with Crippen LogP contribution in [0.1, 0.15) is 12.8 Å². The summed E-state index contributed by atoms with van der Waals surface area (Å²) in [7, 11) is 1.95. The van der Waals surface area contributed by atoms with Crippen molar-refractivity contribution in [1.29, 1.82) is 0 Å². The fourth-order valence-electron chi connectivity index (χ4n) is 3.37. The number of ether oxygens (including phenoxy) is 1. The van der Waals surface area contributed by atoms with Crippen LogP contribution in [-0.2, 0) is 4.74 Å². The first-order valence-electron chi connectivity index (χ1n) is 7.30. The Hall–Kier alpha value is -1.81. The van der Waals surface area contributed by atoms with Gasteiger partial charge in [-0.25, -0.2) is 0 Å². The highest BCUT2D eigenvalue weighted by Gasteiger charge is 2.33. The summed E-state index contributed by atoms with van der Waals surface area (Å²) in [5.41, 5.74) is 3.45. The van der Waals surface area contributed by atoms with Crippen molar-refractivity contribution in [3.05, 3.63) is 30.5 Å². The van der Waals surface area contributed by atoms with Crippen molar-refractivity contribution in [2.75, 3.05) is 30.4 Å². The number of nitrogens with zero attached hydrogens (tertiary/aromatic N) is 2. The summed E-state index contributed by atoms with van der Waals surface area (Å²) in [6.07, 6.45) is 5.10. The Kier molecular flexibility index (Phi) is 2.77. The standard InChI is InChI=1S/C16H19N3O/c1-17-15-6-7-18-16-5-2-11(8-14(15)16)19-9-12-3-4-13(10-19)20-12/h2,5-8,12-13H,3-4,9-10H2,1H3,(H,17,18). The third-order valence-electron chi connectivity index (χ3n) is 4.40. The number of hydrogen-bond acceptors (Lipinski definition) is 4. The van der Waals surface area contributed by atoms with E-state index in [4.69, 9.17) is 4.74 Å². The third-order valence-corrected chi connectivity index (χ3v) is 4.40. The van der Waals surface area contributed by atoms with Crippen LogP contribution >= 0.6 is 0 Å². The van der Waals surface area contributed by atoms with E-state index in [0.717, 1.165) is 24.3 Å². The highest BCUT2D eigenvalue weighted by Crippen LogP contribution is 2.32. The van der Waals surface area contributed by atoms with Gasteiger partial charge in [0.25, 0.3) is 0 Å². The number of hydrogen-bond donors (Lipinski definition) is 1. The Bertz CT molecular complexity index is 631. The van der Waals surface area contributed by atoms with Crippen molar-refractivity contribution in [2.24, 2.45) is 0 Å². The van der Waals surface area contributed by atoms with Crippen molar-refractivity contribution < 1.29 is 4.74 Å². The molecule has 20 heavy (non-hydrogen) atoms. The first-order valence-corrected chi connectivity index (χ1v) is 7.30. The normalized spacial score (nSPS) is 25.1. The Morgan fingerprint density at radius 1 is 1.20 bits per heavy atom. The largest absolute Gasteiger partial charge is 0.388 e. The number of morpholine rings is 1. The lowest BCUT2D eigenvalue weighted by Gasteiger charge is -2.34. The van der Waals surface area contributed by atoms with Gasteiger partial charge < -0.3 is 15.0 Å². The molecular weight excluding hydrogens is 250 g/mol.